The molecular formula is C23H34N2. The molecule has 0 saturated carbocycles. The summed E-state index contributed by atoms with van der Waals surface area (Å²) >= 11 is 0. The van der Waals surface area contributed by atoms with Crippen LogP contribution in [-0.4, -0.2) is 13.1 Å². The zero-order chi connectivity index (χ0) is 18.4. The molecule has 0 unspecified atom stereocenters. The lowest BCUT2D eigenvalue weighted by atomic mass is 9.92. The van der Waals surface area contributed by atoms with E-state index in [4.69, 9.17) is 0 Å². The first kappa shape index (κ1) is 19.4. The second-order valence-electron chi connectivity index (χ2n) is 7.72. The first-order valence-corrected chi connectivity index (χ1v) is 9.61. The lowest BCUT2D eigenvalue weighted by Gasteiger charge is -2.21. The summed E-state index contributed by atoms with van der Waals surface area (Å²) in [4.78, 5) is 0. The molecule has 2 rings (SSSR count). The Morgan fingerprint density at radius 3 is 1.64 bits per heavy atom. The summed E-state index contributed by atoms with van der Waals surface area (Å²) in [6.45, 7) is 15.4. The molecule has 136 valence electrons. The summed E-state index contributed by atoms with van der Waals surface area (Å²) in [5.74, 6) is 1.58. The standard InChI is InChI=1S/C23H34N2/c1-16(2)19-10-7-8-13-22(19)24-14-15-25-23-20(17(3)4)11-9-12-21(23)18(5)6/h7-13,16-18,24-25H,14-15H2,1-6H3. The van der Waals surface area contributed by atoms with Gasteiger partial charge in [0.25, 0.3) is 0 Å². The predicted molar refractivity (Wildman–Crippen MR) is 112 cm³/mol. The second-order valence-corrected chi connectivity index (χ2v) is 7.72. The summed E-state index contributed by atoms with van der Waals surface area (Å²) < 4.78 is 0. The van der Waals surface area contributed by atoms with Gasteiger partial charge in [-0.15, -0.1) is 0 Å². The van der Waals surface area contributed by atoms with Gasteiger partial charge in [-0.25, -0.2) is 0 Å². The molecule has 2 nitrogen and oxygen atoms in total. The first-order valence-electron chi connectivity index (χ1n) is 9.61. The molecular weight excluding hydrogens is 304 g/mol. The molecule has 0 saturated heterocycles. The Labute approximate surface area is 154 Å². The molecule has 0 aliphatic carbocycles. The average Bonchev–Trinajstić information content (AvgIpc) is 2.58. The Morgan fingerprint density at radius 1 is 0.600 bits per heavy atom. The molecule has 2 aromatic rings. The Hall–Kier alpha value is -1.96. The van der Waals surface area contributed by atoms with E-state index in [0.29, 0.717) is 17.8 Å². The normalized spacial score (nSPS) is 11.4. The van der Waals surface area contributed by atoms with Gasteiger partial charge in [-0.3, -0.25) is 0 Å². The highest BCUT2D eigenvalue weighted by molar-refractivity contribution is 5.60. The van der Waals surface area contributed by atoms with Crippen LogP contribution < -0.4 is 10.6 Å². The van der Waals surface area contributed by atoms with E-state index in [0.717, 1.165) is 13.1 Å². The highest BCUT2D eigenvalue weighted by Crippen LogP contribution is 2.32. The van der Waals surface area contributed by atoms with Crippen molar-refractivity contribution in [2.75, 3.05) is 23.7 Å². The van der Waals surface area contributed by atoms with Gasteiger partial charge in [0, 0.05) is 24.5 Å². The molecule has 25 heavy (non-hydrogen) atoms. The molecule has 2 aromatic carbocycles. The van der Waals surface area contributed by atoms with Crippen molar-refractivity contribution in [3.8, 4) is 0 Å². The van der Waals surface area contributed by atoms with E-state index in [2.05, 4.69) is 94.6 Å². The summed E-state index contributed by atoms with van der Waals surface area (Å²) in [6, 6.07) is 15.3. The van der Waals surface area contributed by atoms with E-state index in [1.165, 1.54) is 28.1 Å². The molecule has 0 fully saturated rings. The van der Waals surface area contributed by atoms with Crippen LogP contribution in [0.5, 0.6) is 0 Å². The smallest absolute Gasteiger partial charge is 0.0411 e. The van der Waals surface area contributed by atoms with Crippen LogP contribution >= 0.6 is 0 Å². The minimum absolute atomic E-state index is 0.524. The van der Waals surface area contributed by atoms with Crippen LogP contribution in [0.15, 0.2) is 42.5 Å². The average molecular weight is 339 g/mol. The van der Waals surface area contributed by atoms with Crippen LogP contribution in [0.1, 0.15) is 76.0 Å². The number of anilines is 2. The van der Waals surface area contributed by atoms with E-state index in [1.54, 1.807) is 0 Å². The summed E-state index contributed by atoms with van der Waals surface area (Å²) in [5, 5.41) is 7.30. The van der Waals surface area contributed by atoms with Gasteiger partial charge in [0.05, 0.1) is 0 Å². The summed E-state index contributed by atoms with van der Waals surface area (Å²) in [7, 11) is 0. The van der Waals surface area contributed by atoms with Crippen molar-refractivity contribution >= 4 is 11.4 Å². The third-order valence-electron chi connectivity index (χ3n) is 4.70. The fourth-order valence-electron chi connectivity index (χ4n) is 3.30. The van der Waals surface area contributed by atoms with Gasteiger partial charge in [0.2, 0.25) is 0 Å². The largest absolute Gasteiger partial charge is 0.383 e. The van der Waals surface area contributed by atoms with Gasteiger partial charge in [-0.2, -0.15) is 0 Å². The minimum atomic E-state index is 0.524. The maximum absolute atomic E-state index is 3.70. The predicted octanol–water partition coefficient (Wildman–Crippen LogP) is 6.58. The van der Waals surface area contributed by atoms with E-state index in [9.17, 15) is 0 Å². The van der Waals surface area contributed by atoms with E-state index in [1.807, 2.05) is 0 Å². The summed E-state index contributed by atoms with van der Waals surface area (Å²) in [5.41, 5.74) is 6.78. The van der Waals surface area contributed by atoms with Crippen LogP contribution in [0.3, 0.4) is 0 Å². The second kappa shape index (κ2) is 8.94. The van der Waals surface area contributed by atoms with Gasteiger partial charge in [-0.1, -0.05) is 77.9 Å². The maximum atomic E-state index is 3.70. The number of para-hydroxylation sites is 2. The molecule has 2 heteroatoms. The zero-order valence-corrected chi connectivity index (χ0v) is 16.7. The molecule has 0 aromatic heterocycles. The quantitative estimate of drug-likeness (QED) is 0.531. The van der Waals surface area contributed by atoms with Crippen molar-refractivity contribution in [3.05, 3.63) is 59.2 Å². The fourth-order valence-corrected chi connectivity index (χ4v) is 3.30. The zero-order valence-electron chi connectivity index (χ0n) is 16.7. The lowest BCUT2D eigenvalue weighted by Crippen LogP contribution is -2.17. The molecule has 0 radical (unpaired) electrons. The first-order chi connectivity index (χ1) is 11.9. The monoisotopic (exact) mass is 338 g/mol. The van der Waals surface area contributed by atoms with Gasteiger partial charge in [-0.05, 0) is 40.5 Å². The Kier molecular flexibility index (Phi) is 6.92. The van der Waals surface area contributed by atoms with E-state index >= 15 is 0 Å². The van der Waals surface area contributed by atoms with Crippen LogP contribution in [0.2, 0.25) is 0 Å². The van der Waals surface area contributed by atoms with Crippen molar-refractivity contribution in [2.24, 2.45) is 0 Å². The number of nitrogens with one attached hydrogen (secondary N) is 2. The number of hydrogen-bond donors (Lipinski definition) is 2. The molecule has 0 atom stereocenters. The van der Waals surface area contributed by atoms with E-state index < -0.39 is 0 Å². The third kappa shape index (κ3) is 5.01. The fraction of sp³-hybridized carbons (Fsp3) is 0.478. The van der Waals surface area contributed by atoms with Gasteiger partial charge in [0.1, 0.15) is 0 Å². The topological polar surface area (TPSA) is 24.1 Å². The molecule has 0 aliphatic heterocycles. The molecule has 0 spiro atoms. The molecule has 0 amide bonds. The van der Waals surface area contributed by atoms with Gasteiger partial charge < -0.3 is 10.6 Å². The van der Waals surface area contributed by atoms with Crippen molar-refractivity contribution in [3.63, 3.8) is 0 Å². The van der Waals surface area contributed by atoms with Crippen LogP contribution in [0, 0.1) is 0 Å². The SMILES string of the molecule is CC(C)c1ccccc1NCCNc1c(C(C)C)cccc1C(C)C. The van der Waals surface area contributed by atoms with Crippen molar-refractivity contribution < 1.29 is 0 Å². The molecule has 0 heterocycles. The number of hydrogen-bond acceptors (Lipinski definition) is 2. The lowest BCUT2D eigenvalue weighted by molar-refractivity contribution is 0.832. The van der Waals surface area contributed by atoms with E-state index in [-0.39, 0.29) is 0 Å². The highest BCUT2D eigenvalue weighted by atomic mass is 15.0. The highest BCUT2D eigenvalue weighted by Gasteiger charge is 2.13. The summed E-state index contributed by atoms with van der Waals surface area (Å²) in [6.07, 6.45) is 0. The Balaban J connectivity index is 2.05. The van der Waals surface area contributed by atoms with Crippen molar-refractivity contribution in [1.82, 2.24) is 0 Å². The number of rotatable bonds is 8. The maximum Gasteiger partial charge on any atom is 0.0411 e. The third-order valence-corrected chi connectivity index (χ3v) is 4.70. The van der Waals surface area contributed by atoms with Crippen molar-refractivity contribution in [1.29, 1.82) is 0 Å². The van der Waals surface area contributed by atoms with Gasteiger partial charge in [0.15, 0.2) is 0 Å². The van der Waals surface area contributed by atoms with Crippen LogP contribution in [0.25, 0.3) is 0 Å². The van der Waals surface area contributed by atoms with Crippen LogP contribution in [-0.2, 0) is 0 Å². The molecule has 0 bridgehead atoms. The Bertz CT molecular complexity index is 645. The van der Waals surface area contributed by atoms with Gasteiger partial charge >= 0.3 is 0 Å². The van der Waals surface area contributed by atoms with Crippen LogP contribution in [0.4, 0.5) is 11.4 Å². The van der Waals surface area contributed by atoms with Crippen molar-refractivity contribution in [2.45, 2.75) is 59.3 Å². The molecule has 0 aliphatic rings. The Morgan fingerprint density at radius 2 is 1.08 bits per heavy atom. The molecule has 2 N–H and O–H groups in total. The number of benzene rings is 2. The minimum Gasteiger partial charge on any atom is -0.383 e.